The minimum absolute atomic E-state index is 0.00797. The van der Waals surface area contributed by atoms with Crippen LogP contribution >= 0.6 is 0 Å². The maximum Gasteiger partial charge on any atom is 0.275 e. The summed E-state index contributed by atoms with van der Waals surface area (Å²) in [4.78, 5) is 4.97. The van der Waals surface area contributed by atoms with Gasteiger partial charge in [-0.2, -0.15) is 5.26 Å². The fourth-order valence-electron chi connectivity index (χ4n) is 1.58. The van der Waals surface area contributed by atoms with Crippen LogP contribution in [-0.2, 0) is 21.3 Å². The molecule has 2 rings (SSSR count). The van der Waals surface area contributed by atoms with Gasteiger partial charge >= 0.3 is 0 Å². The van der Waals surface area contributed by atoms with Crippen LogP contribution in [0, 0.1) is 11.3 Å². The Balaban J connectivity index is 2.16. The van der Waals surface area contributed by atoms with E-state index in [9.17, 15) is 8.42 Å². The van der Waals surface area contributed by atoms with Crippen LogP contribution in [0.2, 0.25) is 0 Å². The van der Waals surface area contributed by atoms with Crippen LogP contribution in [0.15, 0.2) is 70.7 Å². The first-order valence-electron chi connectivity index (χ1n) is 6.08. The summed E-state index contributed by atoms with van der Waals surface area (Å²) in [5.41, 5.74) is 0.829. The fraction of sp³-hybridized carbons (Fsp3) is 0.0667. The molecule has 0 aliphatic carbocycles. The van der Waals surface area contributed by atoms with Crippen molar-refractivity contribution in [2.45, 2.75) is 11.5 Å². The molecule has 0 bridgehead atoms. The van der Waals surface area contributed by atoms with Crippen molar-refractivity contribution in [2.75, 3.05) is 0 Å². The minimum Gasteiger partial charge on any atom is -0.389 e. The molecule has 0 aromatic heterocycles. The van der Waals surface area contributed by atoms with Gasteiger partial charge in [0.15, 0.2) is 0 Å². The molecule has 0 heterocycles. The highest BCUT2D eigenvalue weighted by molar-refractivity contribution is 8.07. The van der Waals surface area contributed by atoms with Crippen LogP contribution in [0.3, 0.4) is 0 Å². The van der Waals surface area contributed by atoms with Crippen LogP contribution in [-0.4, -0.2) is 13.5 Å². The normalized spacial score (nSPS) is 11.7. The molecule has 0 unspecified atom stereocenters. The lowest BCUT2D eigenvalue weighted by molar-refractivity contribution is 0.131. The third-order valence-electron chi connectivity index (χ3n) is 2.63. The van der Waals surface area contributed by atoms with E-state index in [0.29, 0.717) is 0 Å². The lowest BCUT2D eigenvalue weighted by Gasteiger charge is -2.02. The van der Waals surface area contributed by atoms with Gasteiger partial charge in [0.1, 0.15) is 12.7 Å². The van der Waals surface area contributed by atoms with Crippen molar-refractivity contribution < 1.29 is 13.3 Å². The number of nitrogens with zero attached hydrogens (tertiary/aromatic N) is 2. The molecule has 5 nitrogen and oxygen atoms in total. The Morgan fingerprint density at radius 1 is 1.05 bits per heavy atom. The van der Waals surface area contributed by atoms with Gasteiger partial charge in [0, 0.05) is 0 Å². The second-order valence-electron chi connectivity index (χ2n) is 4.08. The summed E-state index contributed by atoms with van der Waals surface area (Å²) in [6, 6.07) is 18.3. The van der Waals surface area contributed by atoms with E-state index in [0.717, 1.165) is 5.56 Å². The summed E-state index contributed by atoms with van der Waals surface area (Å²) >= 11 is 0. The van der Waals surface area contributed by atoms with Gasteiger partial charge in [-0.05, 0) is 17.7 Å². The standard InChI is InChI=1S/C15H12N2O3S/c16-11-15(17-20-12-13-7-3-1-4-8-13)21(18,19)14-9-5-2-6-10-14/h1-10H,12H2/b17-15+. The zero-order valence-electron chi connectivity index (χ0n) is 11.0. The number of hydrogen-bond donors (Lipinski definition) is 0. The van der Waals surface area contributed by atoms with E-state index >= 15 is 0 Å². The van der Waals surface area contributed by atoms with Gasteiger partial charge in [-0.3, -0.25) is 0 Å². The molecule has 0 saturated heterocycles. The molecule has 2 aromatic rings. The second kappa shape index (κ2) is 6.68. The van der Waals surface area contributed by atoms with Crippen LogP contribution in [0.1, 0.15) is 5.56 Å². The molecule has 0 radical (unpaired) electrons. The molecule has 0 amide bonds. The highest BCUT2D eigenvalue weighted by Gasteiger charge is 2.23. The summed E-state index contributed by atoms with van der Waals surface area (Å²) in [5, 5.41) is 11.8. The third-order valence-corrected chi connectivity index (χ3v) is 4.19. The Morgan fingerprint density at radius 3 is 2.19 bits per heavy atom. The van der Waals surface area contributed by atoms with Gasteiger partial charge in [-0.1, -0.05) is 53.7 Å². The molecule has 0 saturated carbocycles. The lowest BCUT2D eigenvalue weighted by atomic mass is 10.2. The summed E-state index contributed by atoms with van der Waals surface area (Å²) in [5.74, 6) is 0. The molecule has 0 aliphatic rings. The van der Waals surface area contributed by atoms with Crippen LogP contribution in [0.4, 0.5) is 0 Å². The van der Waals surface area contributed by atoms with Gasteiger partial charge in [0.25, 0.3) is 5.04 Å². The Morgan fingerprint density at radius 2 is 1.62 bits per heavy atom. The SMILES string of the molecule is N#C/C(=N\OCc1ccccc1)S(=O)(=O)c1ccccc1. The topological polar surface area (TPSA) is 79.5 Å². The van der Waals surface area contributed by atoms with Crippen LogP contribution in [0.5, 0.6) is 0 Å². The Labute approximate surface area is 123 Å². The molecule has 6 heteroatoms. The summed E-state index contributed by atoms with van der Waals surface area (Å²) in [7, 11) is -3.94. The quantitative estimate of drug-likeness (QED) is 0.493. The minimum atomic E-state index is -3.94. The maximum atomic E-state index is 12.2. The first-order valence-corrected chi connectivity index (χ1v) is 7.57. The van der Waals surface area contributed by atoms with Crippen molar-refractivity contribution in [3.05, 3.63) is 66.2 Å². The molecular weight excluding hydrogens is 288 g/mol. The first kappa shape index (κ1) is 14.8. The van der Waals surface area contributed by atoms with E-state index in [-0.39, 0.29) is 11.5 Å². The Kier molecular flexibility index (Phi) is 4.69. The molecule has 0 N–H and O–H groups in total. The number of sulfone groups is 1. The van der Waals surface area contributed by atoms with Crippen molar-refractivity contribution in [1.82, 2.24) is 0 Å². The Hall–Kier alpha value is -2.65. The van der Waals surface area contributed by atoms with Crippen molar-refractivity contribution in [3.8, 4) is 6.07 Å². The van der Waals surface area contributed by atoms with Crippen molar-refractivity contribution in [1.29, 1.82) is 5.26 Å². The van der Waals surface area contributed by atoms with E-state index < -0.39 is 14.9 Å². The zero-order chi connectivity index (χ0) is 15.1. The molecule has 0 spiro atoms. The van der Waals surface area contributed by atoms with Crippen molar-refractivity contribution in [3.63, 3.8) is 0 Å². The number of nitriles is 1. The van der Waals surface area contributed by atoms with E-state index in [1.807, 2.05) is 30.3 Å². The molecule has 0 atom stereocenters. The third kappa shape index (κ3) is 3.68. The van der Waals surface area contributed by atoms with E-state index in [1.54, 1.807) is 24.3 Å². The predicted molar refractivity (Wildman–Crippen MR) is 77.9 cm³/mol. The molecule has 0 fully saturated rings. The fourth-order valence-corrected chi connectivity index (χ4v) is 2.59. The number of benzene rings is 2. The maximum absolute atomic E-state index is 12.2. The largest absolute Gasteiger partial charge is 0.389 e. The molecule has 21 heavy (non-hydrogen) atoms. The van der Waals surface area contributed by atoms with Crippen LogP contribution < -0.4 is 0 Å². The van der Waals surface area contributed by atoms with Crippen molar-refractivity contribution in [2.24, 2.45) is 5.16 Å². The van der Waals surface area contributed by atoms with Gasteiger partial charge in [-0.25, -0.2) is 8.42 Å². The molecule has 106 valence electrons. The molecular formula is C15H12N2O3S. The van der Waals surface area contributed by atoms with E-state index in [2.05, 4.69) is 5.16 Å². The highest BCUT2D eigenvalue weighted by atomic mass is 32.2. The van der Waals surface area contributed by atoms with Crippen LogP contribution in [0.25, 0.3) is 0 Å². The summed E-state index contributed by atoms with van der Waals surface area (Å²) in [6.07, 6.45) is 0. The first-order chi connectivity index (χ1) is 10.1. The van der Waals surface area contributed by atoms with E-state index in [1.165, 1.54) is 12.1 Å². The van der Waals surface area contributed by atoms with E-state index in [4.69, 9.17) is 10.1 Å². The number of oxime groups is 1. The lowest BCUT2D eigenvalue weighted by Crippen LogP contribution is -2.13. The summed E-state index contributed by atoms with van der Waals surface area (Å²) < 4.78 is 24.3. The second-order valence-corrected chi connectivity index (χ2v) is 5.95. The van der Waals surface area contributed by atoms with Gasteiger partial charge in [0.2, 0.25) is 9.84 Å². The van der Waals surface area contributed by atoms with Crippen molar-refractivity contribution >= 4 is 14.9 Å². The Bertz CT molecular complexity index is 764. The monoisotopic (exact) mass is 300 g/mol. The summed E-state index contributed by atoms with van der Waals surface area (Å²) in [6.45, 7) is 0.0936. The van der Waals surface area contributed by atoms with Gasteiger partial charge in [-0.15, -0.1) is 0 Å². The average molecular weight is 300 g/mol. The number of hydrogen-bond acceptors (Lipinski definition) is 5. The highest BCUT2D eigenvalue weighted by Crippen LogP contribution is 2.12. The smallest absolute Gasteiger partial charge is 0.275 e. The molecule has 0 aliphatic heterocycles. The zero-order valence-corrected chi connectivity index (χ0v) is 11.8. The predicted octanol–water partition coefficient (Wildman–Crippen LogP) is 2.51. The number of rotatable bonds is 4. The molecule has 2 aromatic carbocycles. The van der Waals surface area contributed by atoms with Gasteiger partial charge < -0.3 is 4.84 Å². The van der Waals surface area contributed by atoms with Gasteiger partial charge in [0.05, 0.1) is 4.90 Å². The average Bonchev–Trinajstić information content (AvgIpc) is 2.53.